The molecule has 1 atom stereocenters. The number of benzene rings is 3. The molecule has 0 bridgehead atoms. The van der Waals surface area contributed by atoms with Gasteiger partial charge in [-0.3, -0.25) is 4.79 Å². The van der Waals surface area contributed by atoms with Crippen molar-refractivity contribution in [3.8, 4) is 11.5 Å². The first kappa shape index (κ1) is 17.0. The number of hydrogen-bond donors (Lipinski definition) is 0. The van der Waals surface area contributed by atoms with Crippen LogP contribution < -0.4 is 9.47 Å². The summed E-state index contributed by atoms with van der Waals surface area (Å²) in [6.07, 6.45) is 0.171. The number of carbonyl (C=O) groups is 2. The molecule has 0 saturated heterocycles. The lowest BCUT2D eigenvalue weighted by atomic mass is 10.00. The number of fused-ring (bicyclic) bond motifs is 2. The molecule has 0 radical (unpaired) electrons. The van der Waals surface area contributed by atoms with Gasteiger partial charge in [0.1, 0.15) is 17.3 Å². The third kappa shape index (κ3) is 3.20. The maximum atomic E-state index is 12.5. The lowest BCUT2D eigenvalue weighted by Crippen LogP contribution is -2.20. The third-order valence-corrected chi connectivity index (χ3v) is 4.24. The first-order valence-electron chi connectivity index (χ1n) is 8.21. The highest BCUT2D eigenvalue weighted by atomic mass is 16.5. The minimum Gasteiger partial charge on any atom is -0.495 e. The van der Waals surface area contributed by atoms with Gasteiger partial charge in [0.15, 0.2) is 0 Å². The number of ketones is 1. The van der Waals surface area contributed by atoms with Gasteiger partial charge in [0.05, 0.1) is 13.0 Å². The van der Waals surface area contributed by atoms with Crippen molar-refractivity contribution in [1.82, 2.24) is 0 Å². The first-order chi connectivity index (χ1) is 12.0. The van der Waals surface area contributed by atoms with E-state index in [1.165, 1.54) is 6.92 Å². The molecule has 4 heteroatoms. The zero-order chi connectivity index (χ0) is 18.0. The van der Waals surface area contributed by atoms with Crippen LogP contribution in [0.15, 0.2) is 48.5 Å². The highest BCUT2D eigenvalue weighted by molar-refractivity contribution is 6.12. The normalized spacial score (nSPS) is 12.1. The van der Waals surface area contributed by atoms with Crippen molar-refractivity contribution in [2.75, 3.05) is 7.11 Å². The van der Waals surface area contributed by atoms with Crippen LogP contribution in [-0.2, 0) is 9.59 Å². The van der Waals surface area contributed by atoms with Crippen molar-refractivity contribution in [3.63, 3.8) is 0 Å². The van der Waals surface area contributed by atoms with Crippen LogP contribution in [0.3, 0.4) is 0 Å². The van der Waals surface area contributed by atoms with Crippen LogP contribution in [0.1, 0.15) is 20.3 Å². The van der Waals surface area contributed by atoms with Crippen molar-refractivity contribution in [1.29, 1.82) is 0 Å². The summed E-state index contributed by atoms with van der Waals surface area (Å²) in [6, 6.07) is 15.3. The molecule has 4 nitrogen and oxygen atoms in total. The van der Waals surface area contributed by atoms with Crippen molar-refractivity contribution in [3.05, 3.63) is 48.5 Å². The fourth-order valence-corrected chi connectivity index (χ4v) is 3.09. The maximum absolute atomic E-state index is 12.5. The quantitative estimate of drug-likeness (QED) is 0.390. The number of hydrogen-bond acceptors (Lipinski definition) is 4. The van der Waals surface area contributed by atoms with Crippen LogP contribution in [0.5, 0.6) is 11.5 Å². The van der Waals surface area contributed by atoms with Gasteiger partial charge in [-0.2, -0.15) is 0 Å². The van der Waals surface area contributed by atoms with Crippen LogP contribution in [0.25, 0.3) is 21.5 Å². The molecule has 0 N–H and O–H groups in total. The second kappa shape index (κ2) is 6.93. The minimum atomic E-state index is -0.489. The number of methoxy groups -OCH3 is 1. The number of rotatable bonds is 5. The van der Waals surface area contributed by atoms with E-state index in [-0.39, 0.29) is 12.2 Å². The number of Topliss-reactive ketones (excluding diaryl/α,β-unsaturated/α-hetero) is 1. The smallest absolute Gasteiger partial charge is 0.314 e. The van der Waals surface area contributed by atoms with Crippen molar-refractivity contribution < 1.29 is 19.1 Å². The molecular formula is C21H20O4. The average Bonchev–Trinajstić information content (AvgIpc) is 2.61. The fraction of sp³-hybridized carbons (Fsp3) is 0.238. The Balaban J connectivity index is 2.19. The topological polar surface area (TPSA) is 52.6 Å². The Kier molecular flexibility index (Phi) is 4.70. The predicted octanol–water partition coefficient (Wildman–Crippen LogP) is 4.52. The summed E-state index contributed by atoms with van der Waals surface area (Å²) in [5, 5.41) is 3.37. The molecule has 0 heterocycles. The highest BCUT2D eigenvalue weighted by Gasteiger charge is 2.21. The van der Waals surface area contributed by atoms with Gasteiger partial charge < -0.3 is 14.3 Å². The van der Waals surface area contributed by atoms with Gasteiger partial charge in [0.2, 0.25) is 0 Å². The molecule has 3 aromatic rings. The second-order valence-electron chi connectivity index (χ2n) is 6.18. The van der Waals surface area contributed by atoms with E-state index in [2.05, 4.69) is 0 Å². The summed E-state index contributed by atoms with van der Waals surface area (Å²) >= 11 is 0. The summed E-state index contributed by atoms with van der Waals surface area (Å²) in [4.78, 5) is 23.8. The van der Waals surface area contributed by atoms with E-state index in [0.717, 1.165) is 27.3 Å². The minimum absolute atomic E-state index is 0.0334. The largest absolute Gasteiger partial charge is 0.495 e. The lowest BCUT2D eigenvalue weighted by molar-refractivity contribution is -0.140. The van der Waals surface area contributed by atoms with E-state index in [4.69, 9.17) is 9.47 Å². The molecule has 0 aliphatic rings. The van der Waals surface area contributed by atoms with E-state index in [1.807, 2.05) is 48.5 Å². The zero-order valence-electron chi connectivity index (χ0n) is 14.5. The van der Waals surface area contributed by atoms with Crippen LogP contribution in [0.2, 0.25) is 0 Å². The zero-order valence-corrected chi connectivity index (χ0v) is 14.5. The van der Waals surface area contributed by atoms with Crippen molar-refractivity contribution >= 4 is 33.3 Å². The molecule has 128 valence electrons. The average molecular weight is 336 g/mol. The van der Waals surface area contributed by atoms with E-state index in [9.17, 15) is 9.59 Å². The number of carbonyl (C=O) groups excluding carboxylic acids is 2. The Morgan fingerprint density at radius 1 is 0.880 bits per heavy atom. The Hall–Kier alpha value is -2.88. The van der Waals surface area contributed by atoms with Gasteiger partial charge in [-0.25, -0.2) is 0 Å². The number of esters is 1. The van der Waals surface area contributed by atoms with Crippen molar-refractivity contribution in [2.45, 2.75) is 20.3 Å². The molecule has 0 aromatic heterocycles. The van der Waals surface area contributed by atoms with E-state index in [1.54, 1.807) is 14.0 Å². The molecule has 0 amide bonds. The summed E-state index contributed by atoms with van der Waals surface area (Å²) in [7, 11) is 1.63. The van der Waals surface area contributed by atoms with Gasteiger partial charge >= 0.3 is 5.97 Å². The molecule has 0 spiro atoms. The highest BCUT2D eigenvalue weighted by Crippen LogP contribution is 2.42. The third-order valence-electron chi connectivity index (χ3n) is 4.24. The van der Waals surface area contributed by atoms with Crippen LogP contribution >= 0.6 is 0 Å². The lowest BCUT2D eigenvalue weighted by Gasteiger charge is -2.17. The molecule has 0 aliphatic heterocycles. The van der Waals surface area contributed by atoms with E-state index >= 15 is 0 Å². The molecule has 1 unspecified atom stereocenters. The monoisotopic (exact) mass is 336 g/mol. The Labute approximate surface area is 146 Å². The molecule has 0 saturated carbocycles. The van der Waals surface area contributed by atoms with Gasteiger partial charge in [-0.15, -0.1) is 0 Å². The molecule has 0 aliphatic carbocycles. The Morgan fingerprint density at radius 2 is 1.32 bits per heavy atom. The summed E-state index contributed by atoms with van der Waals surface area (Å²) in [5.74, 6) is 0.330. The van der Waals surface area contributed by atoms with Gasteiger partial charge in [-0.05, 0) is 6.92 Å². The summed E-state index contributed by atoms with van der Waals surface area (Å²) < 4.78 is 11.4. The maximum Gasteiger partial charge on any atom is 0.314 e. The van der Waals surface area contributed by atoms with Crippen LogP contribution in [0.4, 0.5) is 0 Å². The Morgan fingerprint density at radius 3 is 1.72 bits per heavy atom. The van der Waals surface area contributed by atoms with Gasteiger partial charge in [-0.1, -0.05) is 55.5 Å². The molecule has 25 heavy (non-hydrogen) atoms. The molecule has 0 fully saturated rings. The SMILES string of the molecule is COc1c2ccccc2c(OC(=O)C(C)CC(C)=O)c2ccccc12. The Bertz CT molecular complexity index is 902. The standard InChI is InChI=1S/C21H20O4/c1-13(12-14(2)22)21(23)25-20-17-10-6-4-8-15(17)19(24-3)16-9-5-7-11-18(16)20/h4-11,13H,12H2,1-3H3. The molecule has 3 rings (SSSR count). The van der Waals surface area contributed by atoms with E-state index < -0.39 is 11.9 Å². The molecule has 3 aromatic carbocycles. The predicted molar refractivity (Wildman–Crippen MR) is 98.1 cm³/mol. The summed E-state index contributed by atoms with van der Waals surface area (Å²) in [5.41, 5.74) is 0. The van der Waals surface area contributed by atoms with Crippen LogP contribution in [-0.4, -0.2) is 18.9 Å². The van der Waals surface area contributed by atoms with Crippen molar-refractivity contribution in [2.24, 2.45) is 5.92 Å². The van der Waals surface area contributed by atoms with Gasteiger partial charge in [0, 0.05) is 28.0 Å². The first-order valence-corrected chi connectivity index (χ1v) is 8.21. The molecular weight excluding hydrogens is 316 g/mol. The van der Waals surface area contributed by atoms with Gasteiger partial charge in [0.25, 0.3) is 0 Å². The van der Waals surface area contributed by atoms with E-state index in [0.29, 0.717) is 5.75 Å². The second-order valence-corrected chi connectivity index (χ2v) is 6.18. The number of ether oxygens (including phenoxy) is 2. The van der Waals surface area contributed by atoms with Crippen LogP contribution in [0, 0.1) is 5.92 Å². The fourth-order valence-electron chi connectivity index (χ4n) is 3.09. The summed E-state index contributed by atoms with van der Waals surface area (Å²) in [6.45, 7) is 3.18.